The Bertz CT molecular complexity index is 1520. The largest absolute Gasteiger partial charge is 0.497 e. The molecule has 1 amide bonds. The Hall–Kier alpha value is -3.65. The van der Waals surface area contributed by atoms with Crippen molar-refractivity contribution in [2.75, 3.05) is 14.2 Å². The fraction of sp³-hybridized carbons (Fsp3) is 0.107. The zero-order valence-electron chi connectivity index (χ0n) is 19.9. The molecule has 5 rings (SSSR count). The van der Waals surface area contributed by atoms with Crippen LogP contribution in [0, 0.1) is 0 Å². The molecule has 0 aliphatic heterocycles. The summed E-state index contributed by atoms with van der Waals surface area (Å²) >= 11 is 13.8. The average molecular weight is 550 g/mol. The predicted octanol–water partition coefficient (Wildman–Crippen LogP) is 7.20. The number of rotatable bonds is 7. The number of amides is 1. The summed E-state index contributed by atoms with van der Waals surface area (Å²) in [5, 5.41) is 4.51. The minimum atomic E-state index is -0.396. The van der Waals surface area contributed by atoms with Crippen LogP contribution in [-0.2, 0) is 0 Å². The molecule has 186 valence electrons. The maximum Gasteiger partial charge on any atom is 0.252 e. The van der Waals surface area contributed by atoms with E-state index in [1.54, 1.807) is 14.2 Å². The molecule has 3 aromatic carbocycles. The topological polar surface area (TPSA) is 73.3 Å². The van der Waals surface area contributed by atoms with Crippen molar-refractivity contribution in [3.63, 3.8) is 0 Å². The van der Waals surface area contributed by atoms with E-state index in [4.69, 9.17) is 32.7 Å². The molecular formula is C28H21Cl2N3O3S. The SMILES string of the molecule is COc1ccc(C(NC(=O)c2cccc3sc(-c4nc(Cl)ncc4Cl)cc23)c2ccc(OC)cc2)cc1. The van der Waals surface area contributed by atoms with Gasteiger partial charge in [0.15, 0.2) is 0 Å². The second kappa shape index (κ2) is 10.8. The number of nitrogens with zero attached hydrogens (tertiary/aromatic N) is 2. The molecule has 6 nitrogen and oxygen atoms in total. The lowest BCUT2D eigenvalue weighted by atomic mass is 9.97. The molecule has 0 bridgehead atoms. The van der Waals surface area contributed by atoms with E-state index in [-0.39, 0.29) is 11.2 Å². The molecule has 0 atom stereocenters. The zero-order valence-corrected chi connectivity index (χ0v) is 22.2. The van der Waals surface area contributed by atoms with E-state index in [0.717, 1.165) is 37.6 Å². The van der Waals surface area contributed by atoms with Crippen molar-refractivity contribution in [1.29, 1.82) is 0 Å². The number of aromatic nitrogens is 2. The van der Waals surface area contributed by atoms with Gasteiger partial charge < -0.3 is 14.8 Å². The highest BCUT2D eigenvalue weighted by molar-refractivity contribution is 7.22. The number of benzene rings is 3. The lowest BCUT2D eigenvalue weighted by molar-refractivity contribution is 0.0944. The van der Waals surface area contributed by atoms with E-state index < -0.39 is 6.04 Å². The van der Waals surface area contributed by atoms with Gasteiger partial charge in [0.05, 0.1) is 36.4 Å². The second-order valence-corrected chi connectivity index (χ2v) is 9.95. The van der Waals surface area contributed by atoms with Crippen molar-refractivity contribution in [2.24, 2.45) is 0 Å². The number of carbonyl (C=O) groups is 1. The van der Waals surface area contributed by atoms with Crippen LogP contribution in [0.1, 0.15) is 27.5 Å². The number of hydrogen-bond acceptors (Lipinski definition) is 6. The lowest BCUT2D eigenvalue weighted by Crippen LogP contribution is -2.29. The van der Waals surface area contributed by atoms with E-state index in [2.05, 4.69) is 15.3 Å². The maximum atomic E-state index is 13.7. The van der Waals surface area contributed by atoms with Crippen LogP contribution in [0.15, 0.2) is 79.0 Å². The fourth-order valence-electron chi connectivity index (χ4n) is 4.05. The Morgan fingerprint density at radius 2 is 1.54 bits per heavy atom. The number of halogens is 2. The Morgan fingerprint density at radius 3 is 2.14 bits per heavy atom. The molecule has 0 aliphatic rings. The van der Waals surface area contributed by atoms with Crippen LogP contribution < -0.4 is 14.8 Å². The molecule has 5 aromatic rings. The average Bonchev–Trinajstić information content (AvgIpc) is 3.37. The first-order valence-electron chi connectivity index (χ1n) is 11.3. The van der Waals surface area contributed by atoms with Crippen LogP contribution >= 0.6 is 34.5 Å². The molecule has 0 fully saturated rings. The molecule has 0 saturated carbocycles. The summed E-state index contributed by atoms with van der Waals surface area (Å²) in [6.45, 7) is 0. The molecule has 0 aliphatic carbocycles. The number of carbonyl (C=O) groups excluding carboxylic acids is 1. The highest BCUT2D eigenvalue weighted by Gasteiger charge is 2.21. The number of methoxy groups -OCH3 is 2. The number of fused-ring (bicyclic) bond motifs is 1. The summed E-state index contributed by atoms with van der Waals surface area (Å²) < 4.78 is 11.5. The van der Waals surface area contributed by atoms with Crippen LogP contribution in [0.2, 0.25) is 10.3 Å². The van der Waals surface area contributed by atoms with Crippen molar-refractivity contribution >= 4 is 50.5 Å². The van der Waals surface area contributed by atoms with Crippen LogP contribution in [0.3, 0.4) is 0 Å². The van der Waals surface area contributed by atoms with Crippen molar-refractivity contribution in [1.82, 2.24) is 15.3 Å². The van der Waals surface area contributed by atoms with Gasteiger partial charge in [-0.15, -0.1) is 11.3 Å². The summed E-state index contributed by atoms with van der Waals surface area (Å²) in [5.41, 5.74) is 2.91. The molecule has 0 unspecified atom stereocenters. The standard InChI is InChI=1S/C28H21Cl2N3O3S/c1-35-18-10-6-16(7-11-18)25(17-8-12-19(36-2)13-9-17)32-27(34)20-4-3-5-23-21(20)14-24(37-23)26-22(29)15-31-28(30)33-26/h3-15,25H,1-2H3,(H,32,34). The Morgan fingerprint density at radius 1 is 0.919 bits per heavy atom. The summed E-state index contributed by atoms with van der Waals surface area (Å²) in [6, 6.07) is 22.4. The van der Waals surface area contributed by atoms with Crippen molar-refractivity contribution in [3.05, 3.63) is 106 Å². The van der Waals surface area contributed by atoms with Gasteiger partial charge in [-0.05, 0) is 65.2 Å². The summed E-state index contributed by atoms with van der Waals surface area (Å²) in [6.07, 6.45) is 1.47. The van der Waals surface area contributed by atoms with E-state index in [0.29, 0.717) is 16.3 Å². The van der Waals surface area contributed by atoms with Gasteiger partial charge in [0.1, 0.15) is 17.2 Å². The van der Waals surface area contributed by atoms with Crippen LogP contribution in [0.4, 0.5) is 0 Å². The van der Waals surface area contributed by atoms with Crippen LogP contribution in [-0.4, -0.2) is 30.1 Å². The second-order valence-electron chi connectivity index (χ2n) is 8.12. The van der Waals surface area contributed by atoms with Gasteiger partial charge in [0, 0.05) is 15.6 Å². The number of nitrogens with one attached hydrogen (secondary N) is 1. The third kappa shape index (κ3) is 5.25. The first-order chi connectivity index (χ1) is 18.0. The minimum Gasteiger partial charge on any atom is -0.497 e. The zero-order chi connectivity index (χ0) is 25.9. The first-order valence-corrected chi connectivity index (χ1v) is 12.8. The predicted molar refractivity (Wildman–Crippen MR) is 148 cm³/mol. The molecule has 0 spiro atoms. The molecule has 0 saturated heterocycles. The molecule has 9 heteroatoms. The summed E-state index contributed by atoms with van der Waals surface area (Å²) in [7, 11) is 3.24. The van der Waals surface area contributed by atoms with Gasteiger partial charge in [0.25, 0.3) is 5.91 Å². The van der Waals surface area contributed by atoms with Gasteiger partial charge in [-0.1, -0.05) is 41.9 Å². The Balaban J connectivity index is 1.52. The fourth-order valence-corrected chi connectivity index (χ4v) is 5.53. The number of hydrogen-bond donors (Lipinski definition) is 1. The van der Waals surface area contributed by atoms with E-state index in [1.807, 2.05) is 72.8 Å². The molecule has 0 radical (unpaired) electrons. The van der Waals surface area contributed by atoms with E-state index in [9.17, 15) is 4.79 Å². The minimum absolute atomic E-state index is 0.108. The molecule has 37 heavy (non-hydrogen) atoms. The maximum absolute atomic E-state index is 13.7. The van der Waals surface area contributed by atoms with Gasteiger partial charge in [-0.3, -0.25) is 4.79 Å². The van der Waals surface area contributed by atoms with Crippen LogP contribution in [0.25, 0.3) is 20.7 Å². The van der Waals surface area contributed by atoms with Crippen molar-refractivity contribution < 1.29 is 14.3 Å². The third-order valence-electron chi connectivity index (χ3n) is 5.93. The first kappa shape index (κ1) is 25.0. The van der Waals surface area contributed by atoms with Crippen LogP contribution in [0.5, 0.6) is 11.5 Å². The van der Waals surface area contributed by atoms with Gasteiger partial charge >= 0.3 is 0 Å². The highest BCUT2D eigenvalue weighted by atomic mass is 35.5. The third-order valence-corrected chi connectivity index (χ3v) is 7.49. The smallest absolute Gasteiger partial charge is 0.252 e. The number of ether oxygens (including phenoxy) is 2. The van der Waals surface area contributed by atoms with Crippen molar-refractivity contribution in [2.45, 2.75) is 6.04 Å². The van der Waals surface area contributed by atoms with E-state index >= 15 is 0 Å². The Labute approximate surface area is 227 Å². The van der Waals surface area contributed by atoms with Gasteiger partial charge in [-0.2, -0.15) is 0 Å². The number of thiophene rings is 1. The van der Waals surface area contributed by atoms with Crippen molar-refractivity contribution in [3.8, 4) is 22.1 Å². The highest BCUT2D eigenvalue weighted by Crippen LogP contribution is 2.37. The monoisotopic (exact) mass is 549 g/mol. The summed E-state index contributed by atoms with van der Waals surface area (Å²) in [4.78, 5) is 22.7. The molecule has 2 aromatic heterocycles. The molecular weight excluding hydrogens is 529 g/mol. The normalized spacial score (nSPS) is 11.1. The van der Waals surface area contributed by atoms with Gasteiger partial charge in [-0.25, -0.2) is 9.97 Å². The molecule has 1 N–H and O–H groups in total. The summed E-state index contributed by atoms with van der Waals surface area (Å²) in [5.74, 6) is 1.27. The molecule has 2 heterocycles. The Kier molecular flexibility index (Phi) is 7.28. The quantitative estimate of drug-likeness (QED) is 0.217. The lowest BCUT2D eigenvalue weighted by Gasteiger charge is -2.21. The van der Waals surface area contributed by atoms with E-state index in [1.165, 1.54) is 17.5 Å². The van der Waals surface area contributed by atoms with Gasteiger partial charge in [0.2, 0.25) is 5.28 Å².